The van der Waals surface area contributed by atoms with Crippen molar-refractivity contribution in [1.29, 1.82) is 0 Å². The molecule has 1 saturated heterocycles. The van der Waals surface area contributed by atoms with E-state index in [4.69, 9.17) is 9.26 Å². The van der Waals surface area contributed by atoms with E-state index in [1.54, 1.807) is 19.5 Å². The van der Waals surface area contributed by atoms with Gasteiger partial charge in [0.15, 0.2) is 5.82 Å². The normalized spacial score (nSPS) is 19.2. The van der Waals surface area contributed by atoms with Crippen LogP contribution in [0, 0.1) is 0 Å². The zero-order valence-corrected chi connectivity index (χ0v) is 16.7. The molecule has 1 aliphatic rings. The van der Waals surface area contributed by atoms with Crippen molar-refractivity contribution >= 4 is 5.91 Å². The molecule has 1 aliphatic heterocycles. The van der Waals surface area contributed by atoms with Gasteiger partial charge in [-0.05, 0) is 42.7 Å². The van der Waals surface area contributed by atoms with Crippen molar-refractivity contribution in [2.75, 3.05) is 20.2 Å². The van der Waals surface area contributed by atoms with Crippen molar-refractivity contribution in [3.63, 3.8) is 0 Å². The van der Waals surface area contributed by atoms with E-state index < -0.39 is 0 Å². The van der Waals surface area contributed by atoms with E-state index in [1.165, 1.54) is 0 Å². The lowest BCUT2D eigenvalue weighted by atomic mass is 9.81. The fourth-order valence-electron chi connectivity index (χ4n) is 3.78. The average Bonchev–Trinajstić information content (AvgIpc) is 3.26. The van der Waals surface area contributed by atoms with Crippen LogP contribution in [-0.2, 0) is 16.6 Å². The number of carbonyl (C=O) groups excluding carboxylic acids is 1. The largest absolute Gasteiger partial charge is 0.497 e. The minimum atomic E-state index is -0.336. The molecule has 29 heavy (non-hydrogen) atoms. The Kier molecular flexibility index (Phi) is 5.29. The first-order valence-corrected chi connectivity index (χ1v) is 9.73. The van der Waals surface area contributed by atoms with Gasteiger partial charge in [-0.1, -0.05) is 24.2 Å². The first-order chi connectivity index (χ1) is 14.1. The zero-order valence-electron chi connectivity index (χ0n) is 16.7. The summed E-state index contributed by atoms with van der Waals surface area (Å²) in [5.74, 6) is 1.97. The van der Waals surface area contributed by atoms with Crippen LogP contribution in [-0.4, -0.2) is 46.1 Å². The number of hydrogen-bond acceptors (Lipinski definition) is 6. The molecule has 1 atom stereocenters. The van der Waals surface area contributed by atoms with Crippen molar-refractivity contribution < 1.29 is 14.1 Å². The Morgan fingerprint density at radius 1 is 1.28 bits per heavy atom. The summed E-state index contributed by atoms with van der Waals surface area (Å²) in [4.78, 5) is 23.5. The van der Waals surface area contributed by atoms with Gasteiger partial charge in [0.1, 0.15) is 5.75 Å². The average molecular weight is 392 g/mol. The second kappa shape index (κ2) is 8.03. The highest BCUT2D eigenvalue weighted by atomic mass is 16.5. The highest BCUT2D eigenvalue weighted by molar-refractivity contribution is 5.79. The van der Waals surface area contributed by atoms with E-state index in [2.05, 4.69) is 22.0 Å². The third-order valence-corrected chi connectivity index (χ3v) is 5.43. The molecule has 1 amide bonds. The van der Waals surface area contributed by atoms with Gasteiger partial charge in [-0.3, -0.25) is 9.78 Å². The molecule has 1 fully saturated rings. The predicted molar refractivity (Wildman–Crippen MR) is 107 cm³/mol. The van der Waals surface area contributed by atoms with Crippen LogP contribution in [0.5, 0.6) is 5.75 Å². The fraction of sp³-hybridized carbons (Fsp3) is 0.364. The zero-order chi connectivity index (χ0) is 20.3. The van der Waals surface area contributed by atoms with E-state index >= 15 is 0 Å². The summed E-state index contributed by atoms with van der Waals surface area (Å²) in [5.41, 5.74) is 1.45. The van der Waals surface area contributed by atoms with Crippen LogP contribution in [0.2, 0.25) is 0 Å². The Balaban J connectivity index is 1.48. The number of methoxy groups -OCH3 is 1. The second-order valence-electron chi connectivity index (χ2n) is 7.67. The first kappa shape index (κ1) is 19.1. The van der Waals surface area contributed by atoms with Gasteiger partial charge in [0.05, 0.1) is 13.5 Å². The minimum Gasteiger partial charge on any atom is -0.497 e. The standard InChI is InChI=1S/C22H24N4O3/c1-22(21-24-20(29-25-21)17-7-10-23-11-8-17)9-4-12-26(15-22)19(27)14-16-5-3-6-18(13-16)28-2/h3,5-8,10-11,13H,4,9,12,14-15H2,1-2H3. The molecule has 7 nitrogen and oxygen atoms in total. The maximum Gasteiger partial charge on any atom is 0.258 e. The van der Waals surface area contributed by atoms with Crippen LogP contribution in [0.4, 0.5) is 0 Å². The van der Waals surface area contributed by atoms with E-state index in [0.717, 1.165) is 36.3 Å². The van der Waals surface area contributed by atoms with E-state index in [9.17, 15) is 4.79 Å². The summed E-state index contributed by atoms with van der Waals surface area (Å²) >= 11 is 0. The number of ether oxygens (including phenoxy) is 1. The van der Waals surface area contributed by atoms with Crippen LogP contribution in [0.3, 0.4) is 0 Å². The summed E-state index contributed by atoms with van der Waals surface area (Å²) in [6.45, 7) is 3.41. The lowest BCUT2D eigenvalue weighted by molar-refractivity contribution is -0.132. The van der Waals surface area contributed by atoms with Crippen LogP contribution in [0.25, 0.3) is 11.5 Å². The first-order valence-electron chi connectivity index (χ1n) is 9.73. The van der Waals surface area contributed by atoms with Gasteiger partial charge in [0, 0.05) is 36.5 Å². The molecule has 0 aliphatic carbocycles. The smallest absolute Gasteiger partial charge is 0.258 e. The molecule has 150 valence electrons. The SMILES string of the molecule is COc1cccc(CC(=O)N2CCCC(C)(c3noc(-c4ccncc4)n3)C2)c1. The van der Waals surface area contributed by atoms with Crippen molar-refractivity contribution in [2.45, 2.75) is 31.6 Å². The van der Waals surface area contributed by atoms with Crippen molar-refractivity contribution in [1.82, 2.24) is 20.0 Å². The summed E-state index contributed by atoms with van der Waals surface area (Å²) in [7, 11) is 1.63. The maximum absolute atomic E-state index is 12.9. The molecule has 0 spiro atoms. The summed E-state index contributed by atoms with van der Waals surface area (Å²) in [6, 6.07) is 11.3. The molecular formula is C22H24N4O3. The Morgan fingerprint density at radius 2 is 2.10 bits per heavy atom. The number of likely N-dealkylation sites (tertiary alicyclic amines) is 1. The lowest BCUT2D eigenvalue weighted by Crippen LogP contribution is -2.48. The van der Waals surface area contributed by atoms with Crippen molar-refractivity contribution in [3.05, 3.63) is 60.2 Å². The van der Waals surface area contributed by atoms with Gasteiger partial charge in [-0.2, -0.15) is 4.98 Å². The molecule has 3 heterocycles. The Hall–Kier alpha value is -3.22. The Morgan fingerprint density at radius 3 is 2.90 bits per heavy atom. The Labute approximate surface area is 169 Å². The molecule has 0 N–H and O–H groups in total. The van der Waals surface area contributed by atoms with Crippen LogP contribution in [0.15, 0.2) is 53.3 Å². The molecule has 2 aromatic heterocycles. The number of aromatic nitrogens is 3. The molecule has 1 unspecified atom stereocenters. The topological polar surface area (TPSA) is 81.4 Å². The van der Waals surface area contributed by atoms with E-state index in [1.807, 2.05) is 41.3 Å². The molecule has 1 aromatic carbocycles. The minimum absolute atomic E-state index is 0.0991. The number of piperidine rings is 1. The molecule has 0 bridgehead atoms. The maximum atomic E-state index is 12.9. The summed E-state index contributed by atoms with van der Waals surface area (Å²) in [6.07, 6.45) is 5.55. The van der Waals surface area contributed by atoms with Gasteiger partial charge in [-0.25, -0.2) is 0 Å². The highest BCUT2D eigenvalue weighted by Crippen LogP contribution is 2.33. The predicted octanol–water partition coefficient (Wildman–Crippen LogP) is 3.26. The second-order valence-corrected chi connectivity index (χ2v) is 7.67. The lowest BCUT2D eigenvalue weighted by Gasteiger charge is -2.38. The van der Waals surface area contributed by atoms with E-state index in [0.29, 0.717) is 24.7 Å². The van der Waals surface area contributed by atoms with Crippen LogP contribution < -0.4 is 4.74 Å². The molecule has 4 rings (SSSR count). The number of nitrogens with zero attached hydrogens (tertiary/aromatic N) is 4. The van der Waals surface area contributed by atoms with Gasteiger partial charge >= 0.3 is 0 Å². The number of pyridine rings is 1. The van der Waals surface area contributed by atoms with E-state index in [-0.39, 0.29) is 11.3 Å². The van der Waals surface area contributed by atoms with Gasteiger partial charge in [0.2, 0.25) is 5.91 Å². The summed E-state index contributed by atoms with van der Waals surface area (Å²) < 4.78 is 10.7. The van der Waals surface area contributed by atoms with Gasteiger partial charge < -0.3 is 14.2 Å². The highest BCUT2D eigenvalue weighted by Gasteiger charge is 2.38. The Bertz CT molecular complexity index is 988. The number of amides is 1. The van der Waals surface area contributed by atoms with Crippen molar-refractivity contribution in [2.24, 2.45) is 0 Å². The molecule has 7 heteroatoms. The molecule has 3 aromatic rings. The summed E-state index contributed by atoms with van der Waals surface area (Å²) in [5, 5.41) is 4.23. The van der Waals surface area contributed by atoms with Crippen LogP contribution in [0.1, 0.15) is 31.2 Å². The number of rotatable bonds is 5. The third kappa shape index (κ3) is 4.13. The van der Waals surface area contributed by atoms with Crippen molar-refractivity contribution in [3.8, 4) is 17.2 Å². The number of hydrogen-bond donors (Lipinski definition) is 0. The number of carbonyl (C=O) groups is 1. The van der Waals surface area contributed by atoms with Gasteiger partial charge in [0.25, 0.3) is 5.89 Å². The quantitative estimate of drug-likeness (QED) is 0.663. The third-order valence-electron chi connectivity index (χ3n) is 5.43. The molecule has 0 saturated carbocycles. The number of benzene rings is 1. The van der Waals surface area contributed by atoms with Crippen LogP contribution >= 0.6 is 0 Å². The molecule has 0 radical (unpaired) electrons. The van der Waals surface area contributed by atoms with Gasteiger partial charge in [-0.15, -0.1) is 0 Å². The monoisotopic (exact) mass is 392 g/mol. The molecular weight excluding hydrogens is 368 g/mol. The fourth-order valence-corrected chi connectivity index (χ4v) is 3.78.